The van der Waals surface area contributed by atoms with Crippen molar-refractivity contribution in [2.45, 2.75) is 25.5 Å². The summed E-state index contributed by atoms with van der Waals surface area (Å²) in [5, 5.41) is 2.87. The molecule has 7 heteroatoms. The van der Waals surface area contributed by atoms with Crippen LogP contribution in [0.4, 0.5) is 5.69 Å². The minimum absolute atomic E-state index is 0.0164. The van der Waals surface area contributed by atoms with Gasteiger partial charge in [-0.05, 0) is 43.3 Å². The summed E-state index contributed by atoms with van der Waals surface area (Å²) in [4.78, 5) is 35.7. The highest BCUT2D eigenvalue weighted by molar-refractivity contribution is 6.13. The zero-order valence-corrected chi connectivity index (χ0v) is 15.9. The lowest BCUT2D eigenvalue weighted by molar-refractivity contribution is -0.132. The fourth-order valence-corrected chi connectivity index (χ4v) is 3.13. The molecule has 2 amide bonds. The Morgan fingerprint density at radius 1 is 1.21 bits per heavy atom. The monoisotopic (exact) mass is 388 g/mol. The van der Waals surface area contributed by atoms with E-state index in [-0.39, 0.29) is 24.8 Å². The highest BCUT2D eigenvalue weighted by atomic mass is 16.5. The second-order valence-corrected chi connectivity index (χ2v) is 6.95. The van der Waals surface area contributed by atoms with E-state index in [9.17, 15) is 9.59 Å². The van der Waals surface area contributed by atoms with Crippen molar-refractivity contribution < 1.29 is 14.3 Å². The molecule has 0 bridgehead atoms. The Balaban J connectivity index is 1.52. The standard InChI is InChI=1S/C22H20N4O3/c1-22(14-20(27)26-13-7-5-11-19(26)25-22)21(28)24-17-9-2-3-10-18(17)29-15-16-8-4-6-12-23-16/h2-13H,14-15H2,1H3,(H,24,28)/t22-/m1/s1. The van der Waals surface area contributed by atoms with Gasteiger partial charge in [0.25, 0.3) is 5.91 Å². The molecule has 146 valence electrons. The molecule has 1 atom stereocenters. The van der Waals surface area contributed by atoms with Crippen LogP contribution in [-0.4, -0.2) is 33.1 Å². The van der Waals surface area contributed by atoms with Gasteiger partial charge in [-0.2, -0.15) is 0 Å². The van der Waals surface area contributed by atoms with Crippen molar-refractivity contribution in [1.29, 1.82) is 0 Å². The maximum Gasteiger partial charge on any atom is 0.252 e. The van der Waals surface area contributed by atoms with Crippen LogP contribution in [0.25, 0.3) is 0 Å². The average molecular weight is 388 g/mol. The van der Waals surface area contributed by atoms with Gasteiger partial charge in [-0.25, -0.2) is 0 Å². The Bertz CT molecular complexity index is 1030. The van der Waals surface area contributed by atoms with Crippen molar-refractivity contribution in [3.05, 3.63) is 78.8 Å². The molecule has 4 rings (SSSR count). The number of carbonyl (C=O) groups excluding carboxylic acids is 2. The number of pyridine rings is 1. The number of nitrogens with one attached hydrogen (secondary N) is 1. The summed E-state index contributed by atoms with van der Waals surface area (Å²) in [6.45, 7) is 1.94. The molecule has 1 N–H and O–H groups in total. The first-order valence-corrected chi connectivity index (χ1v) is 9.25. The quantitative estimate of drug-likeness (QED) is 0.853. The number of allylic oxidation sites excluding steroid dienone is 2. The minimum Gasteiger partial charge on any atom is -0.485 e. The lowest BCUT2D eigenvalue weighted by Crippen LogP contribution is -2.50. The third-order valence-electron chi connectivity index (χ3n) is 4.69. The number of fused-ring (bicyclic) bond motifs is 1. The first kappa shape index (κ1) is 18.6. The number of para-hydroxylation sites is 2. The molecule has 0 unspecified atom stereocenters. The largest absolute Gasteiger partial charge is 0.485 e. The molecule has 0 saturated heterocycles. The van der Waals surface area contributed by atoms with Gasteiger partial charge in [-0.3, -0.25) is 24.5 Å². The summed E-state index contributed by atoms with van der Waals surface area (Å²) in [6.07, 6.45) is 8.59. The Hall–Kier alpha value is -3.74. The number of aliphatic imine (C=N–C) groups is 1. The number of benzene rings is 1. The van der Waals surface area contributed by atoms with E-state index in [2.05, 4.69) is 15.3 Å². The molecule has 0 fully saturated rings. The van der Waals surface area contributed by atoms with Gasteiger partial charge in [0.2, 0.25) is 5.91 Å². The molecule has 2 aliphatic rings. The molecule has 3 heterocycles. The third kappa shape index (κ3) is 3.94. The molecule has 0 radical (unpaired) electrons. The Kier molecular flexibility index (Phi) is 4.95. The number of ether oxygens (including phenoxy) is 1. The van der Waals surface area contributed by atoms with Crippen LogP contribution >= 0.6 is 0 Å². The molecule has 0 saturated carbocycles. The van der Waals surface area contributed by atoms with E-state index in [1.54, 1.807) is 55.7 Å². The number of amides is 2. The smallest absolute Gasteiger partial charge is 0.252 e. The van der Waals surface area contributed by atoms with Crippen molar-refractivity contribution in [3.8, 4) is 5.75 Å². The van der Waals surface area contributed by atoms with Gasteiger partial charge in [0.05, 0.1) is 17.8 Å². The fourth-order valence-electron chi connectivity index (χ4n) is 3.13. The normalized spacial score (nSPS) is 20.1. The van der Waals surface area contributed by atoms with E-state index in [4.69, 9.17) is 4.74 Å². The second-order valence-electron chi connectivity index (χ2n) is 6.95. The zero-order valence-electron chi connectivity index (χ0n) is 15.9. The first-order chi connectivity index (χ1) is 14.0. The number of hydrogen-bond acceptors (Lipinski definition) is 5. The lowest BCUT2D eigenvalue weighted by atomic mass is 9.94. The van der Waals surface area contributed by atoms with Crippen LogP contribution in [0.2, 0.25) is 0 Å². The summed E-state index contributed by atoms with van der Waals surface area (Å²) >= 11 is 0. The number of amidine groups is 1. The number of rotatable bonds is 5. The molecule has 2 aromatic rings. The molecular weight excluding hydrogens is 368 g/mol. The predicted octanol–water partition coefficient (Wildman–Crippen LogP) is 3.07. The molecule has 0 spiro atoms. The van der Waals surface area contributed by atoms with E-state index < -0.39 is 5.54 Å². The van der Waals surface area contributed by atoms with Gasteiger partial charge < -0.3 is 10.1 Å². The molecule has 29 heavy (non-hydrogen) atoms. The second kappa shape index (κ2) is 7.71. The SMILES string of the molecule is C[C@]1(C(=O)Nc2ccccc2OCc2ccccn2)CC(=O)N2C=CC=CC2=N1. The number of carbonyl (C=O) groups is 2. The summed E-state index contributed by atoms with van der Waals surface area (Å²) < 4.78 is 5.84. The summed E-state index contributed by atoms with van der Waals surface area (Å²) in [5.41, 5.74) is 0.0953. The molecular formula is C22H20N4O3. The van der Waals surface area contributed by atoms with Gasteiger partial charge >= 0.3 is 0 Å². The van der Waals surface area contributed by atoms with Crippen molar-refractivity contribution in [1.82, 2.24) is 9.88 Å². The van der Waals surface area contributed by atoms with Crippen LogP contribution < -0.4 is 10.1 Å². The highest BCUT2D eigenvalue weighted by Crippen LogP contribution is 2.30. The summed E-state index contributed by atoms with van der Waals surface area (Å²) in [7, 11) is 0. The van der Waals surface area contributed by atoms with Gasteiger partial charge in [0.15, 0.2) is 0 Å². The molecule has 1 aromatic carbocycles. The van der Waals surface area contributed by atoms with Crippen molar-refractivity contribution in [2.75, 3.05) is 5.32 Å². The van der Waals surface area contributed by atoms with Gasteiger partial charge in [0.1, 0.15) is 23.7 Å². The maximum absolute atomic E-state index is 13.0. The Morgan fingerprint density at radius 2 is 2.03 bits per heavy atom. The Morgan fingerprint density at radius 3 is 2.86 bits per heavy atom. The summed E-state index contributed by atoms with van der Waals surface area (Å²) in [5.74, 6) is 0.441. The topological polar surface area (TPSA) is 83.9 Å². The average Bonchev–Trinajstić information content (AvgIpc) is 2.74. The van der Waals surface area contributed by atoms with Crippen LogP contribution in [0.5, 0.6) is 5.75 Å². The van der Waals surface area contributed by atoms with E-state index in [1.165, 1.54) is 4.90 Å². The number of hydrogen-bond donors (Lipinski definition) is 1. The van der Waals surface area contributed by atoms with Gasteiger partial charge in [0, 0.05) is 12.4 Å². The van der Waals surface area contributed by atoms with Crippen molar-refractivity contribution in [2.24, 2.45) is 4.99 Å². The van der Waals surface area contributed by atoms with Gasteiger partial charge in [-0.15, -0.1) is 0 Å². The van der Waals surface area contributed by atoms with E-state index in [0.29, 0.717) is 17.3 Å². The van der Waals surface area contributed by atoms with E-state index in [1.807, 2.05) is 24.3 Å². The first-order valence-electron chi connectivity index (χ1n) is 9.25. The lowest BCUT2D eigenvalue weighted by Gasteiger charge is -2.34. The van der Waals surface area contributed by atoms with E-state index in [0.717, 1.165) is 5.69 Å². The minimum atomic E-state index is -1.20. The number of nitrogens with zero attached hydrogens (tertiary/aromatic N) is 3. The molecule has 7 nitrogen and oxygen atoms in total. The highest BCUT2D eigenvalue weighted by Gasteiger charge is 2.42. The predicted molar refractivity (Wildman–Crippen MR) is 109 cm³/mol. The van der Waals surface area contributed by atoms with Crippen LogP contribution in [-0.2, 0) is 16.2 Å². The third-order valence-corrected chi connectivity index (χ3v) is 4.69. The molecule has 2 aliphatic heterocycles. The molecule has 0 aliphatic carbocycles. The van der Waals surface area contributed by atoms with Crippen molar-refractivity contribution >= 4 is 23.3 Å². The van der Waals surface area contributed by atoms with E-state index >= 15 is 0 Å². The fraction of sp³-hybridized carbons (Fsp3) is 0.182. The number of anilines is 1. The summed E-state index contributed by atoms with van der Waals surface area (Å²) in [6, 6.07) is 12.7. The zero-order chi connectivity index (χ0) is 20.3. The number of aromatic nitrogens is 1. The van der Waals surface area contributed by atoms with Crippen LogP contribution in [0, 0.1) is 0 Å². The van der Waals surface area contributed by atoms with Gasteiger partial charge in [-0.1, -0.05) is 24.3 Å². The van der Waals surface area contributed by atoms with Crippen LogP contribution in [0.3, 0.4) is 0 Å². The van der Waals surface area contributed by atoms with Crippen LogP contribution in [0.1, 0.15) is 19.0 Å². The van der Waals surface area contributed by atoms with Crippen molar-refractivity contribution in [3.63, 3.8) is 0 Å². The molecule has 1 aromatic heterocycles. The Labute approximate surface area is 168 Å². The maximum atomic E-state index is 13.0. The van der Waals surface area contributed by atoms with Crippen LogP contribution in [0.15, 0.2) is 78.1 Å².